The molecular formula is C26H31N5O4. The summed E-state index contributed by atoms with van der Waals surface area (Å²) in [4.78, 5) is 59.1. The number of fused-ring (bicyclic) bond motifs is 1. The van der Waals surface area contributed by atoms with Crippen LogP contribution in [0.4, 0.5) is 5.69 Å². The molecule has 2 aromatic heterocycles. The Morgan fingerprint density at radius 3 is 2.23 bits per heavy atom. The number of carbonyl (C=O) groups is 2. The third-order valence-corrected chi connectivity index (χ3v) is 6.54. The van der Waals surface area contributed by atoms with E-state index in [1.807, 2.05) is 32.9 Å². The van der Waals surface area contributed by atoms with Crippen LogP contribution >= 0.6 is 0 Å². The van der Waals surface area contributed by atoms with Gasteiger partial charge in [-0.05, 0) is 64.2 Å². The Hall–Kier alpha value is -3.75. The van der Waals surface area contributed by atoms with Gasteiger partial charge < -0.3 is 10.2 Å². The van der Waals surface area contributed by atoms with Gasteiger partial charge in [0, 0.05) is 31.5 Å². The van der Waals surface area contributed by atoms with Crippen molar-refractivity contribution in [3.05, 3.63) is 67.0 Å². The maximum Gasteiger partial charge on any atom is 0.332 e. The highest BCUT2D eigenvalue weighted by molar-refractivity contribution is 6.05. The predicted octanol–water partition coefficient (Wildman–Crippen LogP) is 2.59. The minimum Gasteiger partial charge on any atom is -0.339 e. The number of likely N-dealkylation sites (tertiary alicyclic amines) is 1. The summed E-state index contributed by atoms with van der Waals surface area (Å²) in [6, 6.07) is 5.50. The molecule has 3 aromatic rings. The van der Waals surface area contributed by atoms with Crippen LogP contribution in [0.2, 0.25) is 0 Å². The summed E-state index contributed by atoms with van der Waals surface area (Å²) in [7, 11) is 1.49. The van der Waals surface area contributed by atoms with E-state index in [4.69, 9.17) is 0 Å². The largest absolute Gasteiger partial charge is 0.339 e. The monoisotopic (exact) mass is 477 g/mol. The first-order valence-electron chi connectivity index (χ1n) is 11.9. The number of carbonyl (C=O) groups excluding carboxylic acids is 2. The van der Waals surface area contributed by atoms with Crippen LogP contribution in [0.25, 0.3) is 11.0 Å². The van der Waals surface area contributed by atoms with Gasteiger partial charge >= 0.3 is 5.69 Å². The number of anilines is 1. The highest BCUT2D eigenvalue weighted by Crippen LogP contribution is 2.22. The van der Waals surface area contributed by atoms with Gasteiger partial charge in [-0.15, -0.1) is 0 Å². The van der Waals surface area contributed by atoms with Gasteiger partial charge in [0.25, 0.3) is 11.5 Å². The molecule has 4 rings (SSSR count). The Morgan fingerprint density at radius 2 is 1.60 bits per heavy atom. The number of piperidine rings is 1. The lowest BCUT2D eigenvalue weighted by molar-refractivity contribution is -0.116. The first kappa shape index (κ1) is 24.4. The number of nitrogens with zero attached hydrogens (tertiary/aromatic N) is 4. The van der Waals surface area contributed by atoms with Crippen LogP contribution in [-0.2, 0) is 18.4 Å². The fourth-order valence-electron chi connectivity index (χ4n) is 4.88. The minimum atomic E-state index is -0.691. The Balaban J connectivity index is 1.79. The molecular weight excluding hydrogens is 446 g/mol. The van der Waals surface area contributed by atoms with E-state index in [2.05, 4.69) is 10.3 Å². The average Bonchev–Trinajstić information content (AvgIpc) is 2.82. The standard InChI is InChI=1S/C26H31N5O4/c1-15-11-16(2)22(17(3)12-15)28-20(32)14-31-25(34)21-19(24(33)30-9-7-6-8-10-30)13-18(4)27-23(21)29(5)26(31)35/h11-13H,6-10,14H2,1-5H3,(H,28,32). The Morgan fingerprint density at radius 1 is 0.971 bits per heavy atom. The van der Waals surface area contributed by atoms with Crippen LogP contribution < -0.4 is 16.6 Å². The van der Waals surface area contributed by atoms with Crippen molar-refractivity contribution in [1.29, 1.82) is 0 Å². The Labute approximate surface area is 203 Å². The lowest BCUT2D eigenvalue weighted by atomic mass is 10.1. The zero-order valence-corrected chi connectivity index (χ0v) is 20.9. The summed E-state index contributed by atoms with van der Waals surface area (Å²) in [6.07, 6.45) is 2.89. The van der Waals surface area contributed by atoms with E-state index < -0.39 is 23.7 Å². The highest BCUT2D eigenvalue weighted by atomic mass is 16.2. The molecule has 3 heterocycles. The van der Waals surface area contributed by atoms with Crippen molar-refractivity contribution in [2.75, 3.05) is 18.4 Å². The third-order valence-electron chi connectivity index (χ3n) is 6.54. The number of aromatic nitrogens is 3. The van der Waals surface area contributed by atoms with Crippen molar-refractivity contribution in [2.24, 2.45) is 7.05 Å². The molecule has 0 bridgehead atoms. The Kier molecular flexibility index (Phi) is 6.60. The van der Waals surface area contributed by atoms with Crippen LogP contribution in [-0.4, -0.2) is 43.9 Å². The van der Waals surface area contributed by atoms with Crippen molar-refractivity contribution in [2.45, 2.75) is 53.5 Å². The molecule has 35 heavy (non-hydrogen) atoms. The lowest BCUT2D eigenvalue weighted by Gasteiger charge is -2.27. The van der Waals surface area contributed by atoms with Gasteiger partial charge in [-0.3, -0.25) is 23.5 Å². The topological polar surface area (TPSA) is 106 Å². The van der Waals surface area contributed by atoms with Crippen LogP contribution in [0, 0.1) is 27.7 Å². The van der Waals surface area contributed by atoms with Crippen LogP contribution in [0.1, 0.15) is 52.0 Å². The summed E-state index contributed by atoms with van der Waals surface area (Å²) >= 11 is 0. The molecule has 9 nitrogen and oxygen atoms in total. The van der Waals surface area contributed by atoms with Crippen molar-refractivity contribution < 1.29 is 9.59 Å². The van der Waals surface area contributed by atoms with Gasteiger partial charge in [-0.25, -0.2) is 9.78 Å². The van der Waals surface area contributed by atoms with E-state index in [-0.39, 0.29) is 22.5 Å². The summed E-state index contributed by atoms with van der Waals surface area (Å²) in [5, 5.41) is 2.90. The van der Waals surface area contributed by atoms with E-state index in [9.17, 15) is 19.2 Å². The fourth-order valence-corrected chi connectivity index (χ4v) is 4.88. The van der Waals surface area contributed by atoms with Gasteiger partial charge in [0.1, 0.15) is 12.2 Å². The van der Waals surface area contributed by atoms with E-state index in [0.717, 1.165) is 40.5 Å². The van der Waals surface area contributed by atoms with Crippen molar-refractivity contribution in [3.8, 4) is 0 Å². The van der Waals surface area contributed by atoms with E-state index in [0.29, 0.717) is 24.5 Å². The first-order chi connectivity index (χ1) is 16.6. The molecule has 1 fully saturated rings. The van der Waals surface area contributed by atoms with E-state index >= 15 is 0 Å². The molecule has 0 spiro atoms. The zero-order valence-electron chi connectivity index (χ0n) is 20.9. The number of rotatable bonds is 4. The smallest absolute Gasteiger partial charge is 0.332 e. The lowest BCUT2D eigenvalue weighted by Crippen LogP contribution is -2.43. The van der Waals surface area contributed by atoms with Gasteiger partial charge in [0.15, 0.2) is 0 Å². The molecule has 184 valence electrons. The normalized spacial score (nSPS) is 13.8. The Bertz CT molecular complexity index is 1440. The molecule has 1 N–H and O–H groups in total. The quantitative estimate of drug-likeness (QED) is 0.622. The maximum absolute atomic E-state index is 13.5. The molecule has 1 aromatic carbocycles. The summed E-state index contributed by atoms with van der Waals surface area (Å²) in [6.45, 7) is 8.26. The van der Waals surface area contributed by atoms with Gasteiger partial charge in [-0.2, -0.15) is 0 Å². The number of hydrogen-bond donors (Lipinski definition) is 1. The summed E-state index contributed by atoms with van der Waals surface area (Å²) < 4.78 is 2.10. The third kappa shape index (κ3) is 4.62. The first-order valence-corrected chi connectivity index (χ1v) is 11.9. The predicted molar refractivity (Wildman–Crippen MR) is 135 cm³/mol. The number of aryl methyl sites for hydroxylation is 5. The minimum absolute atomic E-state index is 0.0590. The molecule has 0 radical (unpaired) electrons. The molecule has 0 unspecified atom stereocenters. The highest BCUT2D eigenvalue weighted by Gasteiger charge is 2.25. The molecule has 0 atom stereocenters. The average molecular weight is 478 g/mol. The molecule has 2 amide bonds. The fraction of sp³-hybridized carbons (Fsp3) is 0.423. The molecule has 9 heteroatoms. The number of pyridine rings is 1. The van der Waals surface area contributed by atoms with Gasteiger partial charge in [0.05, 0.1) is 10.9 Å². The molecule has 0 saturated carbocycles. The van der Waals surface area contributed by atoms with E-state index in [1.165, 1.54) is 11.6 Å². The second-order valence-electron chi connectivity index (χ2n) is 9.42. The number of benzene rings is 1. The second kappa shape index (κ2) is 9.48. The van der Waals surface area contributed by atoms with Crippen LogP contribution in [0.15, 0.2) is 27.8 Å². The van der Waals surface area contributed by atoms with Gasteiger partial charge in [0.2, 0.25) is 5.91 Å². The number of amides is 2. The van der Waals surface area contributed by atoms with Gasteiger partial charge in [-0.1, -0.05) is 17.7 Å². The summed E-state index contributed by atoms with van der Waals surface area (Å²) in [5.41, 5.74) is 3.06. The molecule has 1 aliphatic rings. The summed E-state index contributed by atoms with van der Waals surface area (Å²) in [5.74, 6) is -0.750. The number of hydrogen-bond acceptors (Lipinski definition) is 5. The van der Waals surface area contributed by atoms with E-state index in [1.54, 1.807) is 17.9 Å². The van der Waals surface area contributed by atoms with Crippen molar-refractivity contribution in [1.82, 2.24) is 19.0 Å². The molecule has 0 aliphatic carbocycles. The van der Waals surface area contributed by atoms with Crippen molar-refractivity contribution in [3.63, 3.8) is 0 Å². The zero-order chi connectivity index (χ0) is 25.4. The second-order valence-corrected chi connectivity index (χ2v) is 9.42. The maximum atomic E-state index is 13.5. The van der Waals surface area contributed by atoms with Crippen LogP contribution in [0.3, 0.4) is 0 Å². The number of nitrogens with one attached hydrogen (secondary N) is 1. The van der Waals surface area contributed by atoms with Crippen molar-refractivity contribution >= 4 is 28.5 Å². The molecule has 1 aliphatic heterocycles. The van der Waals surface area contributed by atoms with Crippen LogP contribution in [0.5, 0.6) is 0 Å². The SMILES string of the molecule is Cc1cc(C)c(NC(=O)Cn2c(=O)c3c(C(=O)N4CCCCC4)cc(C)nc3n(C)c2=O)c(C)c1. The molecule has 1 saturated heterocycles.